The summed E-state index contributed by atoms with van der Waals surface area (Å²) in [7, 11) is 0. The molecule has 0 spiro atoms. The summed E-state index contributed by atoms with van der Waals surface area (Å²) in [4.78, 5) is 3.85. The average molecular weight is 327 g/mol. The minimum absolute atomic E-state index is 0.101. The molecule has 5 heteroatoms. The van der Waals surface area contributed by atoms with Gasteiger partial charge in [0, 0.05) is 23.5 Å². The van der Waals surface area contributed by atoms with Gasteiger partial charge in [0.2, 0.25) is 0 Å². The lowest BCUT2D eigenvalue weighted by Crippen LogP contribution is -2.40. The number of rotatable bonds is 6. The minimum atomic E-state index is 0.101. The molecule has 2 aromatic heterocycles. The zero-order valence-electron chi connectivity index (χ0n) is 11.5. The van der Waals surface area contributed by atoms with Gasteiger partial charge in [-0.2, -0.15) is 11.3 Å². The van der Waals surface area contributed by atoms with Gasteiger partial charge in [-0.15, -0.1) is 11.3 Å². The molecule has 2 aromatic rings. The summed E-state index contributed by atoms with van der Waals surface area (Å²) in [5, 5.41) is 4.37. The number of hydrogen-bond donors (Lipinski definition) is 1. The normalized spacial score (nSPS) is 18.4. The molecule has 2 unspecified atom stereocenters. The summed E-state index contributed by atoms with van der Waals surface area (Å²) in [6.45, 7) is 3.08. The van der Waals surface area contributed by atoms with Gasteiger partial charge in [0.05, 0.1) is 10.4 Å². The molecule has 108 valence electrons. The summed E-state index contributed by atoms with van der Waals surface area (Å²) < 4.78 is 0.844. The molecule has 2 atom stereocenters. The van der Waals surface area contributed by atoms with Gasteiger partial charge in [-0.1, -0.05) is 11.6 Å². The number of hydrogen-bond acceptors (Lipinski definition) is 4. The Morgan fingerprint density at radius 2 is 2.20 bits per heavy atom. The molecule has 3 rings (SSSR count). The van der Waals surface area contributed by atoms with E-state index in [0.29, 0.717) is 6.04 Å². The Morgan fingerprint density at radius 1 is 1.40 bits per heavy atom. The van der Waals surface area contributed by atoms with Gasteiger partial charge in [-0.25, -0.2) is 0 Å². The number of thiophene rings is 2. The Morgan fingerprint density at radius 3 is 2.70 bits per heavy atom. The summed E-state index contributed by atoms with van der Waals surface area (Å²) in [5.41, 5.74) is 7.68. The van der Waals surface area contributed by atoms with Crippen LogP contribution in [0.4, 0.5) is 0 Å². The Labute approximate surface area is 133 Å². The third-order valence-corrected chi connectivity index (χ3v) is 5.74. The van der Waals surface area contributed by atoms with Gasteiger partial charge in [-0.3, -0.25) is 4.90 Å². The molecule has 1 saturated carbocycles. The summed E-state index contributed by atoms with van der Waals surface area (Å²) in [5.74, 6) is 0. The van der Waals surface area contributed by atoms with E-state index in [2.05, 4.69) is 34.7 Å². The molecular weight excluding hydrogens is 308 g/mol. The largest absolute Gasteiger partial charge is 0.326 e. The summed E-state index contributed by atoms with van der Waals surface area (Å²) in [6, 6.07) is 7.35. The molecule has 2 heterocycles. The SMILES string of the molecule is CC(N)C(c1ccc(Cl)s1)N(Cc1ccsc1)C1CC1. The molecule has 20 heavy (non-hydrogen) atoms. The quantitative estimate of drug-likeness (QED) is 0.845. The molecule has 1 aliphatic carbocycles. The molecule has 0 aromatic carbocycles. The highest BCUT2D eigenvalue weighted by molar-refractivity contribution is 7.16. The maximum Gasteiger partial charge on any atom is 0.0931 e. The van der Waals surface area contributed by atoms with Crippen LogP contribution in [-0.4, -0.2) is 17.0 Å². The second kappa shape index (κ2) is 6.16. The molecule has 0 bridgehead atoms. The van der Waals surface area contributed by atoms with Crippen molar-refractivity contribution in [3.05, 3.63) is 43.7 Å². The fourth-order valence-corrected chi connectivity index (χ4v) is 4.62. The average Bonchev–Trinajstić information content (AvgIpc) is 2.96. The first-order valence-electron chi connectivity index (χ1n) is 6.93. The molecule has 0 aliphatic heterocycles. The third kappa shape index (κ3) is 3.26. The first kappa shape index (κ1) is 14.5. The maximum absolute atomic E-state index is 6.30. The Hall–Kier alpha value is -0.390. The molecule has 0 radical (unpaired) electrons. The first-order chi connectivity index (χ1) is 9.65. The Bertz CT molecular complexity index is 546. The van der Waals surface area contributed by atoms with Crippen LogP contribution in [0.3, 0.4) is 0 Å². The van der Waals surface area contributed by atoms with Crippen LogP contribution in [0.5, 0.6) is 0 Å². The van der Waals surface area contributed by atoms with Crippen LogP contribution in [0.1, 0.15) is 36.2 Å². The number of halogens is 1. The molecule has 0 saturated heterocycles. The first-order valence-corrected chi connectivity index (χ1v) is 9.06. The fraction of sp³-hybridized carbons (Fsp3) is 0.467. The van der Waals surface area contributed by atoms with Gasteiger partial charge in [0.15, 0.2) is 0 Å². The van der Waals surface area contributed by atoms with Gasteiger partial charge in [0.1, 0.15) is 0 Å². The smallest absolute Gasteiger partial charge is 0.0931 e. The van der Waals surface area contributed by atoms with Crippen molar-refractivity contribution < 1.29 is 0 Å². The monoisotopic (exact) mass is 326 g/mol. The van der Waals surface area contributed by atoms with Crippen molar-refractivity contribution >= 4 is 34.3 Å². The third-order valence-electron chi connectivity index (χ3n) is 3.70. The fourth-order valence-electron chi connectivity index (χ4n) is 2.67. The van der Waals surface area contributed by atoms with Crippen LogP contribution in [0.25, 0.3) is 0 Å². The lowest BCUT2D eigenvalue weighted by molar-refractivity contribution is 0.160. The van der Waals surface area contributed by atoms with Gasteiger partial charge >= 0.3 is 0 Å². The predicted octanol–water partition coefficient (Wildman–Crippen LogP) is 4.52. The Kier molecular flexibility index (Phi) is 4.48. The maximum atomic E-state index is 6.30. The number of nitrogens with two attached hydrogens (primary N) is 1. The Balaban J connectivity index is 1.86. The lowest BCUT2D eigenvalue weighted by Gasteiger charge is -2.33. The van der Waals surface area contributed by atoms with Crippen molar-refractivity contribution in [1.29, 1.82) is 0 Å². The van der Waals surface area contributed by atoms with Crippen molar-refractivity contribution in [3.63, 3.8) is 0 Å². The molecule has 0 amide bonds. The highest BCUT2D eigenvalue weighted by atomic mass is 35.5. The standard InChI is InChI=1S/C15H19ClN2S2/c1-10(17)15(13-4-5-14(16)20-13)18(12-2-3-12)8-11-6-7-19-9-11/h4-7,9-10,12,15H,2-3,8,17H2,1H3. The minimum Gasteiger partial charge on any atom is -0.326 e. The highest BCUT2D eigenvalue weighted by Crippen LogP contribution is 2.40. The molecular formula is C15H19ClN2S2. The lowest BCUT2D eigenvalue weighted by atomic mass is 10.1. The molecule has 1 aliphatic rings. The van der Waals surface area contributed by atoms with Crippen LogP contribution in [-0.2, 0) is 6.54 Å². The van der Waals surface area contributed by atoms with Gasteiger partial charge in [0.25, 0.3) is 0 Å². The van der Waals surface area contributed by atoms with Crippen molar-refractivity contribution in [2.45, 2.75) is 44.4 Å². The molecule has 1 fully saturated rings. The van der Waals surface area contributed by atoms with E-state index >= 15 is 0 Å². The zero-order valence-corrected chi connectivity index (χ0v) is 13.8. The van der Waals surface area contributed by atoms with Crippen LogP contribution in [0, 0.1) is 0 Å². The van der Waals surface area contributed by atoms with Crippen molar-refractivity contribution in [3.8, 4) is 0 Å². The topological polar surface area (TPSA) is 29.3 Å². The second-order valence-corrected chi connectivity index (χ2v) is 8.01. The number of nitrogens with zero attached hydrogens (tertiary/aromatic N) is 1. The van der Waals surface area contributed by atoms with E-state index in [1.807, 2.05) is 6.07 Å². The van der Waals surface area contributed by atoms with E-state index in [0.717, 1.165) is 10.9 Å². The van der Waals surface area contributed by atoms with Crippen molar-refractivity contribution in [2.24, 2.45) is 5.73 Å². The van der Waals surface area contributed by atoms with Crippen LogP contribution in [0.15, 0.2) is 29.0 Å². The van der Waals surface area contributed by atoms with Gasteiger partial charge in [-0.05, 0) is 54.3 Å². The van der Waals surface area contributed by atoms with Crippen LogP contribution < -0.4 is 5.73 Å². The van der Waals surface area contributed by atoms with E-state index in [9.17, 15) is 0 Å². The summed E-state index contributed by atoms with van der Waals surface area (Å²) in [6.07, 6.45) is 2.57. The van der Waals surface area contributed by atoms with E-state index < -0.39 is 0 Å². The van der Waals surface area contributed by atoms with E-state index in [4.69, 9.17) is 17.3 Å². The second-order valence-electron chi connectivity index (χ2n) is 5.48. The van der Waals surface area contributed by atoms with Gasteiger partial charge < -0.3 is 5.73 Å². The zero-order chi connectivity index (χ0) is 14.1. The molecule has 2 N–H and O–H groups in total. The van der Waals surface area contributed by atoms with E-state index in [1.165, 1.54) is 23.3 Å². The van der Waals surface area contributed by atoms with Crippen molar-refractivity contribution in [2.75, 3.05) is 0 Å². The highest BCUT2D eigenvalue weighted by Gasteiger charge is 2.36. The summed E-state index contributed by atoms with van der Waals surface area (Å²) >= 11 is 9.53. The van der Waals surface area contributed by atoms with Crippen LogP contribution >= 0.6 is 34.3 Å². The van der Waals surface area contributed by atoms with Crippen LogP contribution in [0.2, 0.25) is 4.34 Å². The van der Waals surface area contributed by atoms with E-state index in [1.54, 1.807) is 22.7 Å². The molecule has 2 nitrogen and oxygen atoms in total. The van der Waals surface area contributed by atoms with E-state index in [-0.39, 0.29) is 12.1 Å². The van der Waals surface area contributed by atoms with Crippen molar-refractivity contribution in [1.82, 2.24) is 4.90 Å². The predicted molar refractivity (Wildman–Crippen MR) is 88.6 cm³/mol.